The van der Waals surface area contributed by atoms with Crippen molar-refractivity contribution >= 4 is 5.82 Å². The van der Waals surface area contributed by atoms with Crippen LogP contribution in [-0.4, -0.2) is 35.1 Å². The van der Waals surface area contributed by atoms with Crippen LogP contribution < -0.4 is 10.2 Å². The quantitative estimate of drug-likeness (QED) is 0.904. The molecule has 0 radical (unpaired) electrons. The van der Waals surface area contributed by atoms with E-state index in [0.29, 0.717) is 0 Å². The number of likely N-dealkylation sites (N-methyl/N-ethyl adjacent to an activating group) is 1. The maximum atomic E-state index is 4.46. The van der Waals surface area contributed by atoms with Gasteiger partial charge in [-0.2, -0.15) is 0 Å². The Hall–Kier alpha value is -2.01. The molecule has 0 bridgehead atoms. The highest BCUT2D eigenvalue weighted by Crippen LogP contribution is 2.21. The molecule has 0 unspecified atom stereocenters. The number of nitrogens with zero attached hydrogens (tertiary/aromatic N) is 4. The molecule has 2 aromatic heterocycles. The predicted octanol–water partition coefficient (Wildman–Crippen LogP) is 1.20. The van der Waals surface area contributed by atoms with Crippen LogP contribution in [0.25, 0.3) is 0 Å². The Kier molecular flexibility index (Phi) is 3.87. The van der Waals surface area contributed by atoms with Gasteiger partial charge in [0.15, 0.2) is 0 Å². The van der Waals surface area contributed by atoms with Crippen molar-refractivity contribution in [2.45, 2.75) is 19.4 Å². The van der Waals surface area contributed by atoms with E-state index in [9.17, 15) is 0 Å². The van der Waals surface area contributed by atoms with Crippen molar-refractivity contribution in [2.24, 2.45) is 0 Å². The fraction of sp³-hybridized carbons (Fsp3) is 0.400. The molecule has 3 heterocycles. The number of aromatic nitrogens is 3. The third-order valence-electron chi connectivity index (χ3n) is 3.64. The van der Waals surface area contributed by atoms with Crippen LogP contribution in [0, 0.1) is 0 Å². The molecule has 104 valence electrons. The smallest absolute Gasteiger partial charge is 0.136 e. The Balaban J connectivity index is 1.72. The number of rotatable bonds is 4. The molecular weight excluding hydrogens is 250 g/mol. The molecule has 5 heteroatoms. The number of hydrogen-bond donors (Lipinski definition) is 1. The number of nitrogens with one attached hydrogen (secondary N) is 1. The van der Waals surface area contributed by atoms with Gasteiger partial charge in [0.25, 0.3) is 0 Å². The third-order valence-corrected chi connectivity index (χ3v) is 3.64. The first-order valence-corrected chi connectivity index (χ1v) is 6.99. The predicted molar refractivity (Wildman–Crippen MR) is 78.7 cm³/mol. The van der Waals surface area contributed by atoms with Crippen LogP contribution in [0.15, 0.2) is 30.7 Å². The van der Waals surface area contributed by atoms with Crippen molar-refractivity contribution in [1.82, 2.24) is 20.3 Å². The minimum atomic E-state index is 0.861. The fourth-order valence-corrected chi connectivity index (χ4v) is 2.52. The van der Waals surface area contributed by atoms with E-state index in [0.717, 1.165) is 44.0 Å². The number of hydrogen-bond acceptors (Lipinski definition) is 5. The zero-order valence-corrected chi connectivity index (χ0v) is 11.7. The zero-order chi connectivity index (χ0) is 13.8. The van der Waals surface area contributed by atoms with Crippen molar-refractivity contribution < 1.29 is 0 Å². The molecule has 0 spiro atoms. The Bertz CT molecular complexity index is 570. The maximum absolute atomic E-state index is 4.46. The average molecular weight is 269 g/mol. The Morgan fingerprint density at radius 3 is 3.05 bits per heavy atom. The molecule has 20 heavy (non-hydrogen) atoms. The van der Waals surface area contributed by atoms with E-state index >= 15 is 0 Å². The summed E-state index contributed by atoms with van der Waals surface area (Å²) in [5, 5.41) is 3.39. The first kappa shape index (κ1) is 13.0. The van der Waals surface area contributed by atoms with E-state index in [1.807, 2.05) is 18.3 Å². The molecule has 0 saturated carbocycles. The van der Waals surface area contributed by atoms with Crippen LogP contribution in [0.5, 0.6) is 0 Å². The monoisotopic (exact) mass is 269 g/mol. The lowest BCUT2D eigenvalue weighted by atomic mass is 10.1. The Morgan fingerprint density at radius 2 is 2.20 bits per heavy atom. The van der Waals surface area contributed by atoms with Gasteiger partial charge in [0, 0.05) is 57.0 Å². The molecule has 0 aromatic carbocycles. The summed E-state index contributed by atoms with van der Waals surface area (Å²) in [6.07, 6.45) is 5.42. The third kappa shape index (κ3) is 2.77. The average Bonchev–Trinajstić information content (AvgIpc) is 2.53. The molecule has 0 atom stereocenters. The van der Waals surface area contributed by atoms with E-state index in [-0.39, 0.29) is 0 Å². The van der Waals surface area contributed by atoms with Crippen molar-refractivity contribution in [3.05, 3.63) is 47.7 Å². The second-order valence-corrected chi connectivity index (χ2v) is 5.04. The first-order chi connectivity index (χ1) is 9.84. The lowest BCUT2D eigenvalue weighted by Gasteiger charge is -2.24. The van der Waals surface area contributed by atoms with Crippen molar-refractivity contribution in [1.29, 1.82) is 0 Å². The van der Waals surface area contributed by atoms with Gasteiger partial charge in [0.2, 0.25) is 0 Å². The second kappa shape index (κ2) is 5.96. The lowest BCUT2D eigenvalue weighted by molar-refractivity contribution is 0.622. The Labute approximate surface area is 119 Å². The van der Waals surface area contributed by atoms with Crippen molar-refractivity contribution in [3.63, 3.8) is 0 Å². The molecule has 0 aliphatic carbocycles. The normalized spacial score (nSPS) is 13.8. The summed E-state index contributed by atoms with van der Waals surface area (Å²) < 4.78 is 0. The van der Waals surface area contributed by atoms with Crippen LogP contribution in [0.2, 0.25) is 0 Å². The topological polar surface area (TPSA) is 53.9 Å². The lowest BCUT2D eigenvalue weighted by Crippen LogP contribution is -2.30. The molecule has 5 nitrogen and oxygen atoms in total. The van der Waals surface area contributed by atoms with Gasteiger partial charge in [0.1, 0.15) is 12.1 Å². The van der Waals surface area contributed by atoms with E-state index < -0.39 is 0 Å². The van der Waals surface area contributed by atoms with Crippen LogP contribution in [0.1, 0.15) is 17.0 Å². The molecule has 0 fully saturated rings. The SMILES string of the molecule is CN(CCc1ccccn1)c1ncnc2c1CNCC2. The minimum Gasteiger partial charge on any atom is -0.359 e. The second-order valence-electron chi connectivity index (χ2n) is 5.04. The molecule has 3 rings (SSSR count). The van der Waals surface area contributed by atoms with Gasteiger partial charge in [-0.1, -0.05) is 6.07 Å². The van der Waals surface area contributed by atoms with Gasteiger partial charge in [-0.05, 0) is 12.1 Å². The maximum Gasteiger partial charge on any atom is 0.136 e. The van der Waals surface area contributed by atoms with Crippen LogP contribution in [0.4, 0.5) is 5.82 Å². The zero-order valence-electron chi connectivity index (χ0n) is 11.7. The summed E-state index contributed by atoms with van der Waals surface area (Å²) in [5.41, 5.74) is 3.53. The van der Waals surface area contributed by atoms with E-state index in [1.54, 1.807) is 6.33 Å². The molecule has 1 aliphatic heterocycles. The fourth-order valence-electron chi connectivity index (χ4n) is 2.52. The van der Waals surface area contributed by atoms with Crippen LogP contribution >= 0.6 is 0 Å². The number of anilines is 1. The van der Waals surface area contributed by atoms with Crippen molar-refractivity contribution in [2.75, 3.05) is 25.0 Å². The highest BCUT2D eigenvalue weighted by Gasteiger charge is 2.17. The van der Waals surface area contributed by atoms with Gasteiger partial charge in [0.05, 0.1) is 5.69 Å². The number of fused-ring (bicyclic) bond motifs is 1. The largest absolute Gasteiger partial charge is 0.359 e. The molecular formula is C15H19N5. The summed E-state index contributed by atoms with van der Waals surface area (Å²) >= 11 is 0. The van der Waals surface area contributed by atoms with Crippen LogP contribution in [0.3, 0.4) is 0 Å². The minimum absolute atomic E-state index is 0.861. The van der Waals surface area contributed by atoms with E-state index in [2.05, 4.69) is 38.3 Å². The summed E-state index contributed by atoms with van der Waals surface area (Å²) in [6.45, 7) is 2.76. The molecule has 0 saturated heterocycles. The number of pyridine rings is 1. The van der Waals surface area contributed by atoms with Crippen LogP contribution in [-0.2, 0) is 19.4 Å². The highest BCUT2D eigenvalue weighted by molar-refractivity contribution is 5.48. The molecule has 1 aliphatic rings. The Morgan fingerprint density at radius 1 is 1.25 bits per heavy atom. The molecule has 1 N–H and O–H groups in total. The van der Waals surface area contributed by atoms with Crippen molar-refractivity contribution in [3.8, 4) is 0 Å². The summed E-state index contributed by atoms with van der Waals surface area (Å²) in [6, 6.07) is 6.03. The highest BCUT2D eigenvalue weighted by atomic mass is 15.2. The standard InChI is InChI=1S/C15H19N5/c1-20(9-6-12-4-2-3-7-17-12)15-13-10-16-8-5-14(13)18-11-19-15/h2-4,7,11,16H,5-6,8-10H2,1H3. The summed E-state index contributed by atoms with van der Waals surface area (Å²) in [7, 11) is 2.08. The molecule has 2 aromatic rings. The van der Waals surface area contributed by atoms with Gasteiger partial charge in [-0.25, -0.2) is 9.97 Å². The van der Waals surface area contributed by atoms with Gasteiger partial charge in [-0.15, -0.1) is 0 Å². The van der Waals surface area contributed by atoms with E-state index in [4.69, 9.17) is 0 Å². The van der Waals surface area contributed by atoms with E-state index in [1.165, 1.54) is 11.3 Å². The van der Waals surface area contributed by atoms with Gasteiger partial charge >= 0.3 is 0 Å². The molecule has 0 amide bonds. The summed E-state index contributed by atoms with van der Waals surface area (Å²) in [4.78, 5) is 15.4. The summed E-state index contributed by atoms with van der Waals surface area (Å²) in [5.74, 6) is 1.04. The first-order valence-electron chi connectivity index (χ1n) is 6.99. The van der Waals surface area contributed by atoms with Gasteiger partial charge < -0.3 is 10.2 Å². The van der Waals surface area contributed by atoms with Gasteiger partial charge in [-0.3, -0.25) is 4.98 Å².